The minimum atomic E-state index is -6.00. The molecule has 0 amide bonds. The lowest BCUT2D eigenvalue weighted by Crippen LogP contribution is -2.39. The standard InChI is InChI=1S/C12H17N4O.BF4/c1-14(2)12(15(3)4)17-16-11-8-6-5-7-10(11)9-13-16;2-1(3,4)5/h5-9H,1-4H3;/q+1;-1. The van der Waals surface area contributed by atoms with E-state index in [1.807, 2.05) is 61.9 Å². The lowest BCUT2D eigenvalue weighted by atomic mass is 10.3. The van der Waals surface area contributed by atoms with Crippen LogP contribution in [0.25, 0.3) is 10.9 Å². The minimum Gasteiger partial charge on any atom is -0.418 e. The first-order valence-electron chi connectivity index (χ1n) is 6.29. The van der Waals surface area contributed by atoms with Gasteiger partial charge in [0.05, 0.1) is 34.4 Å². The second-order valence-electron chi connectivity index (χ2n) is 4.73. The van der Waals surface area contributed by atoms with E-state index in [-0.39, 0.29) is 0 Å². The Balaban J connectivity index is 0.000000422. The molecule has 5 nitrogen and oxygen atoms in total. The number of nitrogens with zero attached hydrogens (tertiary/aromatic N) is 4. The summed E-state index contributed by atoms with van der Waals surface area (Å²) >= 11 is 0. The highest BCUT2D eigenvalue weighted by atomic mass is 19.5. The van der Waals surface area contributed by atoms with Crippen LogP contribution in [0.2, 0.25) is 0 Å². The molecule has 0 bridgehead atoms. The second-order valence-corrected chi connectivity index (χ2v) is 4.73. The predicted octanol–water partition coefficient (Wildman–Crippen LogP) is 1.95. The van der Waals surface area contributed by atoms with Crippen LogP contribution in [0.1, 0.15) is 0 Å². The van der Waals surface area contributed by atoms with E-state index in [1.165, 1.54) is 4.85 Å². The van der Waals surface area contributed by atoms with E-state index in [1.54, 1.807) is 6.20 Å². The van der Waals surface area contributed by atoms with Gasteiger partial charge in [-0.15, -0.1) is 5.10 Å². The summed E-state index contributed by atoms with van der Waals surface area (Å²) in [4.78, 5) is 9.20. The number of rotatable bonds is 1. The quantitative estimate of drug-likeness (QED) is 0.265. The molecule has 0 saturated carbocycles. The summed E-state index contributed by atoms with van der Waals surface area (Å²) < 4.78 is 40.9. The molecule has 0 atom stereocenters. The van der Waals surface area contributed by atoms with E-state index in [4.69, 9.17) is 4.84 Å². The number of fused-ring (bicyclic) bond motifs is 1. The molecule has 10 heteroatoms. The zero-order valence-electron chi connectivity index (χ0n) is 12.7. The largest absolute Gasteiger partial charge is 0.673 e. The average Bonchev–Trinajstić information content (AvgIpc) is 2.76. The van der Waals surface area contributed by atoms with Gasteiger partial charge in [-0.25, -0.2) is 9.48 Å². The molecule has 2 aromatic rings. The van der Waals surface area contributed by atoms with Gasteiger partial charge in [-0.3, -0.25) is 4.84 Å². The lowest BCUT2D eigenvalue weighted by Gasteiger charge is -2.10. The van der Waals surface area contributed by atoms with Crippen LogP contribution in [-0.2, 0) is 0 Å². The molecule has 2 rings (SSSR count). The van der Waals surface area contributed by atoms with Crippen molar-refractivity contribution in [1.29, 1.82) is 0 Å². The summed E-state index contributed by atoms with van der Waals surface area (Å²) in [7, 11) is 1.73. The molecule has 0 saturated heterocycles. The predicted molar refractivity (Wildman–Crippen MR) is 77.3 cm³/mol. The molecule has 0 fully saturated rings. The van der Waals surface area contributed by atoms with E-state index in [9.17, 15) is 17.3 Å². The minimum absolute atomic E-state index is 0.721. The molecule has 122 valence electrons. The van der Waals surface area contributed by atoms with Crippen molar-refractivity contribution in [2.45, 2.75) is 0 Å². The van der Waals surface area contributed by atoms with Gasteiger partial charge in [0.25, 0.3) is 0 Å². The number of halogens is 4. The fourth-order valence-corrected chi connectivity index (χ4v) is 1.66. The summed E-state index contributed by atoms with van der Waals surface area (Å²) in [5, 5.41) is 5.28. The molecule has 0 aliphatic heterocycles. The van der Waals surface area contributed by atoms with E-state index >= 15 is 0 Å². The molecule has 0 aliphatic rings. The Morgan fingerprint density at radius 3 is 2.23 bits per heavy atom. The molecule has 1 heterocycles. The highest BCUT2D eigenvalue weighted by Crippen LogP contribution is 2.11. The molecular weight excluding hydrogens is 303 g/mol. The van der Waals surface area contributed by atoms with Crippen molar-refractivity contribution in [2.24, 2.45) is 0 Å². The average molecular weight is 320 g/mol. The van der Waals surface area contributed by atoms with Crippen molar-refractivity contribution in [3.05, 3.63) is 30.5 Å². The van der Waals surface area contributed by atoms with Gasteiger partial charge < -0.3 is 17.3 Å². The normalized spacial score (nSPS) is 10.7. The van der Waals surface area contributed by atoms with Crippen molar-refractivity contribution in [1.82, 2.24) is 14.8 Å². The van der Waals surface area contributed by atoms with Gasteiger partial charge in [0.15, 0.2) is 0 Å². The fraction of sp³-hybridized carbons (Fsp3) is 0.333. The van der Waals surface area contributed by atoms with Crippen molar-refractivity contribution in [2.75, 3.05) is 28.2 Å². The first-order valence-corrected chi connectivity index (χ1v) is 6.29. The third-order valence-corrected chi connectivity index (χ3v) is 2.38. The molecule has 0 N–H and O–H groups in total. The Morgan fingerprint density at radius 1 is 1.18 bits per heavy atom. The van der Waals surface area contributed by atoms with Crippen LogP contribution in [0, 0.1) is 0 Å². The molecule has 1 aromatic carbocycles. The first kappa shape index (κ1) is 17.8. The first-order chi connectivity index (χ1) is 10.1. The fourth-order valence-electron chi connectivity index (χ4n) is 1.66. The van der Waals surface area contributed by atoms with E-state index in [0.717, 1.165) is 16.9 Å². The smallest absolute Gasteiger partial charge is 0.418 e. The summed E-state index contributed by atoms with van der Waals surface area (Å²) in [6.07, 6.45) is 1.79. The maximum atomic E-state index is 9.75. The maximum absolute atomic E-state index is 9.75. The molecule has 0 aliphatic carbocycles. The second kappa shape index (κ2) is 7.14. The van der Waals surface area contributed by atoms with Crippen LogP contribution in [0.15, 0.2) is 30.5 Å². The van der Waals surface area contributed by atoms with Gasteiger partial charge >= 0.3 is 13.3 Å². The third-order valence-electron chi connectivity index (χ3n) is 2.38. The van der Waals surface area contributed by atoms with Gasteiger partial charge in [0.2, 0.25) is 0 Å². The SMILES string of the molecule is CN(C)C(On1ncc2ccccc21)=[N+](C)C.F[B-](F)(F)F. The monoisotopic (exact) mass is 320 g/mol. The number of hydrogen-bond acceptors (Lipinski definition) is 2. The van der Waals surface area contributed by atoms with E-state index < -0.39 is 7.25 Å². The Morgan fingerprint density at radius 2 is 1.73 bits per heavy atom. The Labute approximate surface area is 125 Å². The number of aromatic nitrogens is 2. The Bertz CT molecular complexity index is 644. The lowest BCUT2D eigenvalue weighted by molar-refractivity contribution is -0.480. The molecule has 1 aromatic heterocycles. The van der Waals surface area contributed by atoms with Crippen LogP contribution in [0.4, 0.5) is 17.3 Å². The number of hydrogen-bond donors (Lipinski definition) is 0. The summed E-state index contributed by atoms with van der Waals surface area (Å²) in [6, 6.07) is 8.66. The van der Waals surface area contributed by atoms with Crippen LogP contribution in [0.5, 0.6) is 0 Å². The topological polar surface area (TPSA) is 33.3 Å². The molecular formula is C12H17BF4N4O. The number of amidine groups is 1. The Kier molecular flexibility index (Phi) is 5.78. The van der Waals surface area contributed by atoms with Gasteiger partial charge in [-0.2, -0.15) is 0 Å². The van der Waals surface area contributed by atoms with E-state index in [0.29, 0.717) is 0 Å². The molecule has 0 spiro atoms. The van der Waals surface area contributed by atoms with Crippen LogP contribution in [-0.4, -0.2) is 60.9 Å². The van der Waals surface area contributed by atoms with Crippen molar-refractivity contribution in [3.63, 3.8) is 0 Å². The van der Waals surface area contributed by atoms with Gasteiger partial charge in [-0.05, 0) is 6.07 Å². The third kappa shape index (κ3) is 5.62. The summed E-state index contributed by atoms with van der Waals surface area (Å²) in [5.41, 5.74) is 0.953. The van der Waals surface area contributed by atoms with Crippen molar-refractivity contribution < 1.29 is 26.7 Å². The number of benzene rings is 1. The summed E-state index contributed by atoms with van der Waals surface area (Å²) in [6.45, 7) is 0. The zero-order chi connectivity index (χ0) is 16.9. The van der Waals surface area contributed by atoms with Gasteiger partial charge in [-0.1, -0.05) is 23.0 Å². The van der Waals surface area contributed by atoms with E-state index in [2.05, 4.69) is 5.10 Å². The van der Waals surface area contributed by atoms with Gasteiger partial charge in [0, 0.05) is 5.39 Å². The van der Waals surface area contributed by atoms with Crippen LogP contribution in [0.3, 0.4) is 0 Å². The maximum Gasteiger partial charge on any atom is 0.673 e. The Hall–Kier alpha value is -2.26. The summed E-state index contributed by atoms with van der Waals surface area (Å²) in [5.74, 6) is 0. The zero-order valence-corrected chi connectivity index (χ0v) is 12.7. The highest BCUT2D eigenvalue weighted by molar-refractivity contribution is 6.50. The van der Waals surface area contributed by atoms with Gasteiger partial charge in [0.1, 0.15) is 5.52 Å². The molecule has 0 unspecified atom stereocenters. The molecule has 0 radical (unpaired) electrons. The van der Waals surface area contributed by atoms with Crippen molar-refractivity contribution >= 4 is 24.2 Å². The highest BCUT2D eigenvalue weighted by Gasteiger charge is 2.20. The van der Waals surface area contributed by atoms with Crippen LogP contribution >= 0.6 is 0 Å². The van der Waals surface area contributed by atoms with Crippen molar-refractivity contribution in [3.8, 4) is 0 Å². The molecule has 22 heavy (non-hydrogen) atoms. The van der Waals surface area contributed by atoms with Crippen LogP contribution < -0.4 is 4.84 Å². The number of para-hydroxylation sites is 1.